The second-order valence-corrected chi connectivity index (χ2v) is 6.98. The fraction of sp³-hybridized carbons (Fsp3) is 0.435. The highest BCUT2D eigenvalue weighted by atomic mass is 16.5. The van der Waals surface area contributed by atoms with E-state index in [0.29, 0.717) is 42.5 Å². The Bertz CT molecular complexity index is 800. The molecule has 2 aromatic rings. The molecule has 0 heterocycles. The maximum absolute atomic E-state index is 12.3. The summed E-state index contributed by atoms with van der Waals surface area (Å²) in [6.07, 6.45) is 1.27. The summed E-state index contributed by atoms with van der Waals surface area (Å²) in [6.45, 7) is 4.19. The zero-order valence-electron chi connectivity index (χ0n) is 18.5. The fourth-order valence-electron chi connectivity index (χ4n) is 3.02. The van der Waals surface area contributed by atoms with E-state index in [9.17, 15) is 4.79 Å². The first-order valence-corrected chi connectivity index (χ1v) is 9.95. The van der Waals surface area contributed by atoms with Crippen LogP contribution in [-0.4, -0.2) is 58.9 Å². The van der Waals surface area contributed by atoms with E-state index >= 15 is 0 Å². The van der Waals surface area contributed by atoms with Gasteiger partial charge in [-0.1, -0.05) is 18.2 Å². The van der Waals surface area contributed by atoms with Crippen molar-refractivity contribution in [2.24, 2.45) is 0 Å². The molecule has 30 heavy (non-hydrogen) atoms. The number of ether oxygens (including phenoxy) is 4. The van der Waals surface area contributed by atoms with Gasteiger partial charge >= 0.3 is 0 Å². The van der Waals surface area contributed by atoms with Crippen LogP contribution in [0.25, 0.3) is 0 Å². The molecule has 164 valence electrons. The highest BCUT2D eigenvalue weighted by Gasteiger charge is 2.14. The van der Waals surface area contributed by atoms with E-state index in [1.54, 1.807) is 33.5 Å². The summed E-state index contributed by atoms with van der Waals surface area (Å²) in [5.74, 6) is 2.33. The number of benzene rings is 2. The lowest BCUT2D eigenvalue weighted by atomic mass is 10.2. The van der Waals surface area contributed by atoms with Gasteiger partial charge < -0.3 is 29.2 Å². The largest absolute Gasteiger partial charge is 0.493 e. The van der Waals surface area contributed by atoms with Gasteiger partial charge in [0, 0.05) is 37.3 Å². The molecule has 0 spiro atoms. The molecule has 2 aromatic carbocycles. The lowest BCUT2D eigenvalue weighted by Crippen LogP contribution is -2.26. The van der Waals surface area contributed by atoms with Crippen LogP contribution in [0.2, 0.25) is 0 Å². The first-order chi connectivity index (χ1) is 14.5. The molecule has 0 saturated carbocycles. The predicted octanol–water partition coefficient (Wildman–Crippen LogP) is 3.75. The summed E-state index contributed by atoms with van der Waals surface area (Å²) in [5.41, 5.74) is 1.73. The first-order valence-electron chi connectivity index (χ1n) is 9.95. The molecule has 0 saturated heterocycles. The maximum atomic E-state index is 12.3. The molecule has 0 fully saturated rings. The van der Waals surface area contributed by atoms with Crippen molar-refractivity contribution in [2.75, 3.05) is 53.4 Å². The second-order valence-electron chi connectivity index (χ2n) is 6.98. The average molecular weight is 417 g/mol. The summed E-state index contributed by atoms with van der Waals surface area (Å²) >= 11 is 0. The molecule has 0 aromatic heterocycles. The Kier molecular flexibility index (Phi) is 9.28. The highest BCUT2D eigenvalue weighted by molar-refractivity contribution is 5.91. The van der Waals surface area contributed by atoms with Crippen LogP contribution in [0.1, 0.15) is 18.4 Å². The summed E-state index contributed by atoms with van der Waals surface area (Å²) < 4.78 is 21.7. The Morgan fingerprint density at radius 3 is 2.23 bits per heavy atom. The number of nitrogens with zero attached hydrogens (tertiary/aromatic N) is 1. The van der Waals surface area contributed by atoms with Gasteiger partial charge in [0.1, 0.15) is 5.75 Å². The van der Waals surface area contributed by atoms with E-state index in [4.69, 9.17) is 18.9 Å². The number of carbonyl (C=O) groups is 1. The molecule has 0 aliphatic rings. The summed E-state index contributed by atoms with van der Waals surface area (Å²) in [4.78, 5) is 14.5. The average Bonchev–Trinajstić information content (AvgIpc) is 2.75. The number of amides is 1. The molecule has 0 aliphatic heterocycles. The van der Waals surface area contributed by atoms with Gasteiger partial charge in [-0.15, -0.1) is 0 Å². The van der Waals surface area contributed by atoms with Crippen LogP contribution < -0.4 is 24.3 Å². The van der Waals surface area contributed by atoms with Gasteiger partial charge in [-0.3, -0.25) is 4.79 Å². The molecule has 7 heteroatoms. The zero-order chi connectivity index (χ0) is 21.9. The molecule has 0 unspecified atom stereocenters. The minimum Gasteiger partial charge on any atom is -0.493 e. The van der Waals surface area contributed by atoms with Crippen molar-refractivity contribution in [1.82, 2.24) is 4.90 Å². The van der Waals surface area contributed by atoms with E-state index in [0.717, 1.165) is 24.3 Å². The van der Waals surface area contributed by atoms with E-state index in [2.05, 4.69) is 10.2 Å². The van der Waals surface area contributed by atoms with Crippen molar-refractivity contribution in [3.05, 3.63) is 42.0 Å². The second kappa shape index (κ2) is 11.9. The van der Waals surface area contributed by atoms with Crippen LogP contribution in [0.5, 0.6) is 23.0 Å². The third kappa shape index (κ3) is 6.84. The Hall–Kier alpha value is -2.93. The molecule has 0 aliphatic carbocycles. The number of carbonyl (C=O) groups excluding carboxylic acids is 1. The molecule has 0 atom stereocenters. The van der Waals surface area contributed by atoms with Crippen LogP contribution in [0.15, 0.2) is 36.4 Å². The van der Waals surface area contributed by atoms with Crippen molar-refractivity contribution in [2.45, 2.75) is 19.8 Å². The van der Waals surface area contributed by atoms with Gasteiger partial charge in [0.05, 0.1) is 27.9 Å². The van der Waals surface area contributed by atoms with E-state index in [-0.39, 0.29) is 5.91 Å². The molecule has 1 amide bonds. The minimum atomic E-state index is -0.0766. The number of anilines is 1. The van der Waals surface area contributed by atoms with Gasteiger partial charge in [0.15, 0.2) is 11.5 Å². The third-order valence-corrected chi connectivity index (χ3v) is 4.70. The monoisotopic (exact) mass is 416 g/mol. The first kappa shape index (κ1) is 23.3. The van der Waals surface area contributed by atoms with Gasteiger partial charge in [-0.2, -0.15) is 0 Å². The third-order valence-electron chi connectivity index (χ3n) is 4.70. The van der Waals surface area contributed by atoms with Crippen LogP contribution >= 0.6 is 0 Å². The predicted molar refractivity (Wildman–Crippen MR) is 118 cm³/mol. The molecular formula is C23H32N2O5. The van der Waals surface area contributed by atoms with Gasteiger partial charge in [0.25, 0.3) is 0 Å². The number of para-hydroxylation sites is 1. The normalized spacial score (nSPS) is 10.6. The highest BCUT2D eigenvalue weighted by Crippen LogP contribution is 2.39. The SMILES string of the molecule is COc1cc(NC(=O)CCN(C)CCCOc2ccccc2C)cc(OC)c1OC. The molecule has 0 bridgehead atoms. The Balaban J connectivity index is 1.75. The molecule has 1 N–H and O–H groups in total. The minimum absolute atomic E-state index is 0.0766. The van der Waals surface area contributed by atoms with Gasteiger partial charge in [0.2, 0.25) is 11.7 Å². The van der Waals surface area contributed by atoms with Crippen molar-refractivity contribution in [3.8, 4) is 23.0 Å². The quantitative estimate of drug-likeness (QED) is 0.532. The fourth-order valence-corrected chi connectivity index (χ4v) is 3.02. The molecule has 2 rings (SSSR count). The number of hydrogen-bond donors (Lipinski definition) is 1. The zero-order valence-corrected chi connectivity index (χ0v) is 18.5. The van der Waals surface area contributed by atoms with Crippen molar-refractivity contribution in [3.63, 3.8) is 0 Å². The summed E-state index contributed by atoms with van der Waals surface area (Å²) in [6, 6.07) is 11.4. The standard InChI is InChI=1S/C23H32N2O5/c1-17-9-6-7-10-19(17)30-14-8-12-25(2)13-11-22(26)24-18-15-20(27-3)23(29-5)21(16-18)28-4/h6-7,9-10,15-16H,8,11-14H2,1-5H3,(H,24,26). The summed E-state index contributed by atoms with van der Waals surface area (Å²) in [5, 5.41) is 2.89. The summed E-state index contributed by atoms with van der Waals surface area (Å²) in [7, 11) is 6.63. The van der Waals surface area contributed by atoms with Crippen molar-refractivity contribution >= 4 is 11.6 Å². The topological polar surface area (TPSA) is 69.3 Å². The Morgan fingerprint density at radius 1 is 0.967 bits per heavy atom. The number of rotatable bonds is 12. The number of nitrogens with one attached hydrogen (secondary N) is 1. The van der Waals surface area contributed by atoms with Crippen molar-refractivity contribution in [1.29, 1.82) is 0 Å². The lowest BCUT2D eigenvalue weighted by molar-refractivity contribution is -0.116. The van der Waals surface area contributed by atoms with Crippen molar-refractivity contribution < 1.29 is 23.7 Å². The van der Waals surface area contributed by atoms with Crippen LogP contribution in [0.3, 0.4) is 0 Å². The van der Waals surface area contributed by atoms with Gasteiger partial charge in [-0.05, 0) is 32.0 Å². The molecular weight excluding hydrogens is 384 g/mol. The number of aryl methyl sites for hydroxylation is 1. The number of methoxy groups -OCH3 is 3. The molecule has 0 radical (unpaired) electrons. The number of hydrogen-bond acceptors (Lipinski definition) is 6. The van der Waals surface area contributed by atoms with E-state index in [1.807, 2.05) is 38.2 Å². The van der Waals surface area contributed by atoms with Gasteiger partial charge in [-0.25, -0.2) is 0 Å². The Morgan fingerprint density at radius 2 is 1.63 bits per heavy atom. The Labute approximate surface area is 178 Å². The van der Waals surface area contributed by atoms with Crippen LogP contribution in [-0.2, 0) is 4.79 Å². The van der Waals surface area contributed by atoms with Crippen LogP contribution in [0, 0.1) is 6.92 Å². The molecule has 7 nitrogen and oxygen atoms in total. The van der Waals surface area contributed by atoms with E-state index in [1.165, 1.54) is 0 Å². The van der Waals surface area contributed by atoms with E-state index < -0.39 is 0 Å². The maximum Gasteiger partial charge on any atom is 0.225 e. The lowest BCUT2D eigenvalue weighted by Gasteiger charge is -2.17. The smallest absolute Gasteiger partial charge is 0.225 e. The van der Waals surface area contributed by atoms with Crippen LogP contribution in [0.4, 0.5) is 5.69 Å².